The lowest BCUT2D eigenvalue weighted by molar-refractivity contribution is 0.463. The molecule has 0 radical (unpaired) electrons. The van der Waals surface area contributed by atoms with E-state index in [9.17, 15) is 0 Å². The minimum Gasteiger partial charge on any atom is -0.310 e. The number of nitrogens with zero attached hydrogens (tertiary/aromatic N) is 3. The summed E-state index contributed by atoms with van der Waals surface area (Å²) in [7, 11) is 0. The summed E-state index contributed by atoms with van der Waals surface area (Å²) in [5.41, 5.74) is 1.28. The molecule has 1 atom stereocenters. The molecule has 1 heterocycles. The lowest BCUT2D eigenvalue weighted by Crippen LogP contribution is -2.25. The van der Waals surface area contributed by atoms with Gasteiger partial charge in [-0.15, -0.1) is 0 Å². The maximum Gasteiger partial charge on any atom is 0.138 e. The van der Waals surface area contributed by atoms with Crippen LogP contribution in [-0.4, -0.2) is 21.3 Å². The van der Waals surface area contributed by atoms with Crippen LogP contribution in [-0.2, 0) is 6.42 Å². The zero-order valence-electron chi connectivity index (χ0n) is 12.9. The van der Waals surface area contributed by atoms with Gasteiger partial charge in [0.2, 0.25) is 0 Å². The molecule has 0 saturated heterocycles. The normalized spacial score (nSPS) is 12.8. The molecule has 0 amide bonds. The van der Waals surface area contributed by atoms with E-state index in [1.807, 2.05) is 4.68 Å². The summed E-state index contributed by atoms with van der Waals surface area (Å²) in [5.74, 6) is 1.03. The van der Waals surface area contributed by atoms with Gasteiger partial charge in [-0.1, -0.05) is 35.0 Å². The number of hydrogen-bond donors (Lipinski definition) is 1. The number of nitrogens with one attached hydrogen (secondary N) is 1. The molecule has 5 heteroatoms. The standard InChI is InChI=1S/C16H23BrN4/c1-4-9-18-15(13-5-7-14(17)8-6-13)10-16-19-11-20-21(16)12(2)3/h5-8,11-12,15,18H,4,9-10H2,1-3H3. The molecule has 0 aliphatic heterocycles. The van der Waals surface area contributed by atoms with Gasteiger partial charge in [-0.3, -0.25) is 0 Å². The number of halogens is 1. The fourth-order valence-electron chi connectivity index (χ4n) is 2.36. The molecular weight excluding hydrogens is 328 g/mol. The third kappa shape index (κ3) is 4.38. The minimum absolute atomic E-state index is 0.264. The van der Waals surface area contributed by atoms with Crippen LogP contribution in [0.15, 0.2) is 35.1 Å². The van der Waals surface area contributed by atoms with Gasteiger partial charge in [0.15, 0.2) is 0 Å². The largest absolute Gasteiger partial charge is 0.310 e. The van der Waals surface area contributed by atoms with Crippen LogP contribution in [0.3, 0.4) is 0 Å². The van der Waals surface area contributed by atoms with Crippen LogP contribution < -0.4 is 5.32 Å². The molecule has 0 aliphatic carbocycles. The van der Waals surface area contributed by atoms with E-state index in [2.05, 4.69) is 76.4 Å². The molecule has 114 valence electrons. The molecule has 0 bridgehead atoms. The maximum absolute atomic E-state index is 4.43. The average molecular weight is 351 g/mol. The molecular formula is C16H23BrN4. The highest BCUT2D eigenvalue weighted by Crippen LogP contribution is 2.21. The molecule has 21 heavy (non-hydrogen) atoms. The summed E-state index contributed by atoms with van der Waals surface area (Å²) in [5, 5.41) is 7.94. The second kappa shape index (κ2) is 7.71. The lowest BCUT2D eigenvalue weighted by Gasteiger charge is -2.20. The van der Waals surface area contributed by atoms with Crippen molar-refractivity contribution in [3.63, 3.8) is 0 Å². The molecule has 0 fully saturated rings. The van der Waals surface area contributed by atoms with Crippen LogP contribution in [0.2, 0.25) is 0 Å². The summed E-state index contributed by atoms with van der Waals surface area (Å²) in [6, 6.07) is 9.09. The Hall–Kier alpha value is -1.20. The fourth-order valence-corrected chi connectivity index (χ4v) is 2.62. The smallest absolute Gasteiger partial charge is 0.138 e. The predicted molar refractivity (Wildman–Crippen MR) is 89.3 cm³/mol. The minimum atomic E-state index is 0.264. The van der Waals surface area contributed by atoms with E-state index in [1.165, 1.54) is 5.56 Å². The van der Waals surface area contributed by atoms with E-state index >= 15 is 0 Å². The highest BCUT2D eigenvalue weighted by atomic mass is 79.9. The molecule has 4 nitrogen and oxygen atoms in total. The van der Waals surface area contributed by atoms with Crippen LogP contribution in [0.5, 0.6) is 0 Å². The van der Waals surface area contributed by atoms with E-state index in [0.29, 0.717) is 6.04 Å². The van der Waals surface area contributed by atoms with Crippen molar-refractivity contribution in [1.82, 2.24) is 20.1 Å². The van der Waals surface area contributed by atoms with Gasteiger partial charge in [-0.25, -0.2) is 9.67 Å². The Kier molecular flexibility index (Phi) is 5.94. The van der Waals surface area contributed by atoms with Crippen molar-refractivity contribution >= 4 is 15.9 Å². The molecule has 0 aliphatic rings. The van der Waals surface area contributed by atoms with Gasteiger partial charge in [0.1, 0.15) is 12.2 Å². The molecule has 1 aromatic carbocycles. The molecule has 1 aromatic heterocycles. The molecule has 2 aromatic rings. The van der Waals surface area contributed by atoms with Crippen molar-refractivity contribution < 1.29 is 0 Å². The Balaban J connectivity index is 2.19. The third-order valence-electron chi connectivity index (χ3n) is 3.44. The monoisotopic (exact) mass is 350 g/mol. The van der Waals surface area contributed by atoms with Crippen LogP contribution in [0, 0.1) is 0 Å². The van der Waals surface area contributed by atoms with Gasteiger partial charge in [0.25, 0.3) is 0 Å². The maximum atomic E-state index is 4.43. The van der Waals surface area contributed by atoms with Gasteiger partial charge in [0, 0.05) is 23.0 Å². The molecule has 0 saturated carbocycles. The van der Waals surface area contributed by atoms with Crippen molar-refractivity contribution in [2.45, 2.75) is 45.7 Å². The van der Waals surface area contributed by atoms with Crippen LogP contribution in [0.25, 0.3) is 0 Å². The third-order valence-corrected chi connectivity index (χ3v) is 3.96. The van der Waals surface area contributed by atoms with Gasteiger partial charge < -0.3 is 5.32 Å². The molecule has 1 N–H and O–H groups in total. The summed E-state index contributed by atoms with van der Waals surface area (Å²) in [4.78, 5) is 4.43. The first kappa shape index (κ1) is 16.2. The van der Waals surface area contributed by atoms with Gasteiger partial charge in [-0.2, -0.15) is 5.10 Å². The topological polar surface area (TPSA) is 42.7 Å². The highest BCUT2D eigenvalue weighted by molar-refractivity contribution is 9.10. The first-order chi connectivity index (χ1) is 10.1. The van der Waals surface area contributed by atoms with E-state index in [-0.39, 0.29) is 6.04 Å². The second-order valence-electron chi connectivity index (χ2n) is 5.48. The van der Waals surface area contributed by atoms with Crippen LogP contribution >= 0.6 is 15.9 Å². The van der Waals surface area contributed by atoms with E-state index in [4.69, 9.17) is 0 Å². The number of benzene rings is 1. The Morgan fingerprint density at radius 2 is 1.95 bits per heavy atom. The number of hydrogen-bond acceptors (Lipinski definition) is 3. The summed E-state index contributed by atoms with van der Waals surface area (Å²) < 4.78 is 3.10. The molecule has 0 spiro atoms. The van der Waals surface area contributed by atoms with Gasteiger partial charge >= 0.3 is 0 Å². The van der Waals surface area contributed by atoms with Crippen molar-refractivity contribution in [3.8, 4) is 0 Å². The lowest BCUT2D eigenvalue weighted by atomic mass is 10.0. The first-order valence-corrected chi connectivity index (χ1v) is 8.28. The van der Waals surface area contributed by atoms with Crippen LogP contribution in [0.4, 0.5) is 0 Å². The van der Waals surface area contributed by atoms with Crippen molar-refractivity contribution in [2.75, 3.05) is 6.54 Å². The Bertz CT molecular complexity index is 548. The van der Waals surface area contributed by atoms with Gasteiger partial charge in [0.05, 0.1) is 0 Å². The van der Waals surface area contributed by atoms with Crippen molar-refractivity contribution in [2.24, 2.45) is 0 Å². The van der Waals surface area contributed by atoms with Crippen molar-refractivity contribution in [1.29, 1.82) is 0 Å². The summed E-state index contributed by atoms with van der Waals surface area (Å²) >= 11 is 3.49. The van der Waals surface area contributed by atoms with Crippen LogP contribution in [0.1, 0.15) is 50.7 Å². The summed E-state index contributed by atoms with van der Waals surface area (Å²) in [6.45, 7) is 7.44. The SMILES string of the molecule is CCCNC(Cc1ncnn1C(C)C)c1ccc(Br)cc1. The van der Waals surface area contributed by atoms with Gasteiger partial charge in [-0.05, 0) is 44.5 Å². The highest BCUT2D eigenvalue weighted by Gasteiger charge is 2.16. The zero-order chi connectivity index (χ0) is 15.2. The number of aromatic nitrogens is 3. The zero-order valence-corrected chi connectivity index (χ0v) is 14.5. The Labute approximate surface area is 135 Å². The Morgan fingerprint density at radius 1 is 1.24 bits per heavy atom. The first-order valence-electron chi connectivity index (χ1n) is 7.49. The summed E-state index contributed by atoms with van der Waals surface area (Å²) in [6.07, 6.45) is 3.61. The quantitative estimate of drug-likeness (QED) is 0.823. The predicted octanol–water partition coefficient (Wildman–Crippen LogP) is 3.90. The van der Waals surface area contributed by atoms with E-state index in [1.54, 1.807) is 6.33 Å². The van der Waals surface area contributed by atoms with E-state index < -0.39 is 0 Å². The number of rotatable bonds is 7. The van der Waals surface area contributed by atoms with Crippen molar-refractivity contribution in [3.05, 3.63) is 46.5 Å². The molecule has 2 rings (SSSR count). The second-order valence-corrected chi connectivity index (χ2v) is 6.39. The van der Waals surface area contributed by atoms with E-state index in [0.717, 1.165) is 29.7 Å². The fraction of sp³-hybridized carbons (Fsp3) is 0.500. The average Bonchev–Trinajstić information content (AvgIpc) is 2.93. The Morgan fingerprint density at radius 3 is 2.57 bits per heavy atom. The molecule has 1 unspecified atom stereocenters.